The smallest absolute Gasteiger partial charge is 0.305 e. The van der Waals surface area contributed by atoms with Gasteiger partial charge in [-0.15, -0.1) is 0 Å². The summed E-state index contributed by atoms with van der Waals surface area (Å²) in [6.07, 6.45) is 0.444. The first kappa shape index (κ1) is 17.3. The first-order valence-corrected chi connectivity index (χ1v) is 7.04. The van der Waals surface area contributed by atoms with Gasteiger partial charge in [0, 0.05) is 11.6 Å². The van der Waals surface area contributed by atoms with Gasteiger partial charge in [-0.3, -0.25) is 9.59 Å². The second kappa shape index (κ2) is 6.80. The third kappa shape index (κ3) is 6.04. The summed E-state index contributed by atoms with van der Waals surface area (Å²) in [5.41, 5.74) is 6.26. The Morgan fingerprint density at radius 1 is 1.38 bits per heavy atom. The van der Waals surface area contributed by atoms with Crippen molar-refractivity contribution in [2.45, 2.75) is 39.7 Å². The van der Waals surface area contributed by atoms with E-state index in [4.69, 9.17) is 22.4 Å². The van der Waals surface area contributed by atoms with E-state index in [1.165, 1.54) is 6.07 Å². The Morgan fingerprint density at radius 2 is 2.00 bits per heavy atom. The minimum atomic E-state index is -0.945. The predicted molar refractivity (Wildman–Crippen MR) is 83.4 cm³/mol. The lowest BCUT2D eigenvalue weighted by Crippen LogP contribution is -2.39. The second-order valence-electron chi connectivity index (χ2n) is 6.27. The minimum absolute atomic E-state index is 0.0911. The van der Waals surface area contributed by atoms with Gasteiger partial charge in [-0.1, -0.05) is 32.4 Å². The number of nitrogens with one attached hydrogen (secondary N) is 1. The maximum absolute atomic E-state index is 12.2. The lowest BCUT2D eigenvalue weighted by molar-refractivity contribution is -0.137. The van der Waals surface area contributed by atoms with Crippen molar-refractivity contribution in [3.8, 4) is 0 Å². The van der Waals surface area contributed by atoms with Crippen LogP contribution in [0.4, 0.5) is 5.69 Å². The van der Waals surface area contributed by atoms with E-state index in [1.54, 1.807) is 12.1 Å². The lowest BCUT2D eigenvalue weighted by atomic mass is 9.87. The number of carbonyl (C=O) groups excluding carboxylic acids is 1. The van der Waals surface area contributed by atoms with Crippen LogP contribution in [0.5, 0.6) is 0 Å². The third-order valence-electron chi connectivity index (χ3n) is 2.88. The number of rotatable bonds is 5. The van der Waals surface area contributed by atoms with Crippen LogP contribution in [0.25, 0.3) is 0 Å². The van der Waals surface area contributed by atoms with Crippen LogP contribution < -0.4 is 11.1 Å². The van der Waals surface area contributed by atoms with Crippen molar-refractivity contribution in [2.24, 2.45) is 5.41 Å². The molecule has 0 heterocycles. The van der Waals surface area contributed by atoms with Crippen LogP contribution in [-0.4, -0.2) is 23.0 Å². The SMILES string of the molecule is CC(C)(C)CC(CC(=O)O)NC(=O)c1ccc(N)c(Cl)c1. The summed E-state index contributed by atoms with van der Waals surface area (Å²) in [6.45, 7) is 5.98. The lowest BCUT2D eigenvalue weighted by Gasteiger charge is -2.25. The highest BCUT2D eigenvalue weighted by atomic mass is 35.5. The van der Waals surface area contributed by atoms with Gasteiger partial charge in [-0.2, -0.15) is 0 Å². The molecule has 0 aliphatic heterocycles. The van der Waals surface area contributed by atoms with E-state index in [-0.39, 0.29) is 17.7 Å². The summed E-state index contributed by atoms with van der Waals surface area (Å²) in [7, 11) is 0. The van der Waals surface area contributed by atoms with Crippen LogP contribution in [0.1, 0.15) is 44.0 Å². The zero-order valence-corrected chi connectivity index (χ0v) is 13.2. The molecule has 6 heteroatoms. The molecule has 1 aromatic carbocycles. The van der Waals surface area contributed by atoms with Crippen molar-refractivity contribution in [3.63, 3.8) is 0 Å². The molecule has 5 nitrogen and oxygen atoms in total. The van der Waals surface area contributed by atoms with Crippen molar-refractivity contribution in [1.82, 2.24) is 5.32 Å². The van der Waals surface area contributed by atoms with Crippen molar-refractivity contribution in [1.29, 1.82) is 0 Å². The van der Waals surface area contributed by atoms with Gasteiger partial charge in [0.1, 0.15) is 0 Å². The standard InChI is InChI=1S/C15H21ClN2O3/c1-15(2,3)8-10(7-13(19)20)18-14(21)9-4-5-12(17)11(16)6-9/h4-6,10H,7-8,17H2,1-3H3,(H,18,21)(H,19,20). The molecule has 0 saturated heterocycles. The highest BCUT2D eigenvalue weighted by molar-refractivity contribution is 6.33. The van der Waals surface area contributed by atoms with Crippen molar-refractivity contribution in [3.05, 3.63) is 28.8 Å². The van der Waals surface area contributed by atoms with Gasteiger partial charge in [0.15, 0.2) is 0 Å². The molecule has 0 saturated carbocycles. The van der Waals surface area contributed by atoms with E-state index in [2.05, 4.69) is 5.32 Å². The largest absolute Gasteiger partial charge is 0.481 e. The number of carboxylic acid groups (broad SMARTS) is 1. The number of carboxylic acids is 1. The van der Waals surface area contributed by atoms with E-state index in [9.17, 15) is 9.59 Å². The van der Waals surface area contributed by atoms with Crippen LogP contribution in [0.15, 0.2) is 18.2 Å². The Balaban J connectivity index is 2.83. The van der Waals surface area contributed by atoms with Gasteiger partial charge in [0.05, 0.1) is 17.1 Å². The van der Waals surface area contributed by atoms with E-state index < -0.39 is 12.0 Å². The summed E-state index contributed by atoms with van der Waals surface area (Å²) in [6, 6.07) is 4.14. The molecule has 1 aromatic rings. The fourth-order valence-corrected chi connectivity index (χ4v) is 2.24. The maximum atomic E-state index is 12.2. The Hall–Kier alpha value is -1.75. The fourth-order valence-electron chi connectivity index (χ4n) is 2.06. The molecule has 1 amide bonds. The number of hydrogen-bond acceptors (Lipinski definition) is 3. The number of amides is 1. The normalized spacial score (nSPS) is 12.8. The average molecular weight is 313 g/mol. The number of halogens is 1. The Morgan fingerprint density at radius 3 is 2.48 bits per heavy atom. The summed E-state index contributed by atoms with van der Waals surface area (Å²) in [5.74, 6) is -1.30. The van der Waals surface area contributed by atoms with Gasteiger partial charge < -0.3 is 16.2 Å². The molecule has 0 aromatic heterocycles. The Bertz CT molecular complexity index is 538. The van der Waals surface area contributed by atoms with Gasteiger partial charge in [-0.25, -0.2) is 0 Å². The third-order valence-corrected chi connectivity index (χ3v) is 3.20. The molecule has 1 rings (SSSR count). The zero-order valence-electron chi connectivity index (χ0n) is 12.4. The summed E-state index contributed by atoms with van der Waals surface area (Å²) in [5, 5.41) is 12.0. The molecule has 116 valence electrons. The molecule has 0 aliphatic rings. The highest BCUT2D eigenvalue weighted by Crippen LogP contribution is 2.23. The van der Waals surface area contributed by atoms with E-state index in [0.717, 1.165) is 0 Å². The molecule has 1 unspecified atom stereocenters. The van der Waals surface area contributed by atoms with E-state index >= 15 is 0 Å². The molecule has 4 N–H and O–H groups in total. The average Bonchev–Trinajstić information content (AvgIpc) is 2.29. The molecule has 21 heavy (non-hydrogen) atoms. The molecule has 0 aliphatic carbocycles. The van der Waals surface area contributed by atoms with Crippen LogP contribution in [0.2, 0.25) is 5.02 Å². The molecular formula is C15H21ClN2O3. The molecule has 0 spiro atoms. The van der Waals surface area contributed by atoms with Gasteiger partial charge in [0.25, 0.3) is 5.91 Å². The predicted octanol–water partition coefficient (Wildman–Crippen LogP) is 2.93. The number of nitrogens with two attached hydrogens (primary N) is 1. The van der Waals surface area contributed by atoms with Crippen LogP contribution >= 0.6 is 11.6 Å². The second-order valence-corrected chi connectivity index (χ2v) is 6.68. The van der Waals surface area contributed by atoms with Crippen molar-refractivity contribution in [2.75, 3.05) is 5.73 Å². The minimum Gasteiger partial charge on any atom is -0.481 e. The number of anilines is 1. The Kier molecular flexibility index (Phi) is 5.61. The number of benzene rings is 1. The summed E-state index contributed by atoms with van der Waals surface area (Å²) in [4.78, 5) is 23.1. The van der Waals surface area contributed by atoms with Gasteiger partial charge in [0.2, 0.25) is 0 Å². The highest BCUT2D eigenvalue weighted by Gasteiger charge is 2.23. The molecule has 0 fully saturated rings. The first-order chi connectivity index (χ1) is 9.58. The first-order valence-electron chi connectivity index (χ1n) is 6.66. The fraction of sp³-hybridized carbons (Fsp3) is 0.467. The van der Waals surface area contributed by atoms with Gasteiger partial charge in [-0.05, 0) is 30.0 Å². The summed E-state index contributed by atoms with van der Waals surface area (Å²) < 4.78 is 0. The number of aliphatic carboxylic acids is 1. The molecule has 1 atom stereocenters. The molecule has 0 bridgehead atoms. The Labute approximate surface area is 129 Å². The number of hydrogen-bond donors (Lipinski definition) is 3. The molecular weight excluding hydrogens is 292 g/mol. The maximum Gasteiger partial charge on any atom is 0.305 e. The number of nitrogen functional groups attached to an aromatic ring is 1. The topological polar surface area (TPSA) is 92.4 Å². The van der Waals surface area contributed by atoms with Crippen LogP contribution in [-0.2, 0) is 4.79 Å². The van der Waals surface area contributed by atoms with Gasteiger partial charge >= 0.3 is 5.97 Å². The van der Waals surface area contributed by atoms with Crippen molar-refractivity contribution >= 4 is 29.2 Å². The van der Waals surface area contributed by atoms with Crippen molar-refractivity contribution < 1.29 is 14.7 Å². The zero-order chi connectivity index (χ0) is 16.2. The van der Waals surface area contributed by atoms with Crippen LogP contribution in [0, 0.1) is 5.41 Å². The van der Waals surface area contributed by atoms with E-state index in [1.807, 2.05) is 20.8 Å². The monoisotopic (exact) mass is 312 g/mol. The van der Waals surface area contributed by atoms with Crippen LogP contribution in [0.3, 0.4) is 0 Å². The molecule has 0 radical (unpaired) electrons. The summed E-state index contributed by atoms with van der Waals surface area (Å²) >= 11 is 5.89. The van der Waals surface area contributed by atoms with E-state index in [0.29, 0.717) is 22.7 Å². The quantitative estimate of drug-likeness (QED) is 0.729. The number of carbonyl (C=O) groups is 2.